The number of aromatic nitrogens is 2. The average Bonchev–Trinajstić information content (AvgIpc) is 3.02. The molecule has 1 aliphatic carbocycles. The topological polar surface area (TPSA) is 106 Å². The zero-order valence-electron chi connectivity index (χ0n) is 15.3. The van der Waals surface area contributed by atoms with Crippen LogP contribution in [-0.4, -0.2) is 22.9 Å². The van der Waals surface area contributed by atoms with Crippen LogP contribution in [0.15, 0.2) is 67.4 Å². The monoisotopic (exact) mass is 398 g/mol. The molecule has 0 atom stereocenters. The number of sulfone groups is 1. The number of aliphatic hydroxyl groups is 1. The summed E-state index contributed by atoms with van der Waals surface area (Å²) in [5.41, 5.74) is 1.05. The Kier molecular flexibility index (Phi) is 4.19. The highest BCUT2D eigenvalue weighted by Gasteiger charge is 2.36. The van der Waals surface area contributed by atoms with Crippen molar-refractivity contribution in [1.29, 1.82) is 0 Å². The number of benzene rings is 1. The van der Waals surface area contributed by atoms with Crippen LogP contribution >= 0.6 is 0 Å². The summed E-state index contributed by atoms with van der Waals surface area (Å²) in [7, 11) is -2.26. The van der Waals surface area contributed by atoms with Crippen molar-refractivity contribution >= 4 is 27.0 Å². The molecule has 1 N–H and O–H groups in total. The standard InChI is InChI=1S/C19H18N4O4S/c1-12-16(19(25)23(22(12)2)13-8-4-3-5-9-13)20-21-18-17(24)14-10-6-7-11-15(14)28(18,26)27/h4,6-11,24H,3,5H2,1-2H3/b21-20+. The van der Waals surface area contributed by atoms with Crippen LogP contribution in [0.4, 0.5) is 5.69 Å². The lowest BCUT2D eigenvalue weighted by Gasteiger charge is -2.11. The fourth-order valence-electron chi connectivity index (χ4n) is 3.30. The van der Waals surface area contributed by atoms with Crippen LogP contribution in [0.5, 0.6) is 0 Å². The number of nitrogens with zero attached hydrogens (tertiary/aromatic N) is 4. The molecular formula is C19H18N4O4S. The lowest BCUT2D eigenvalue weighted by atomic mass is 10.1. The minimum Gasteiger partial charge on any atom is -0.504 e. The first-order valence-electron chi connectivity index (χ1n) is 8.69. The molecule has 2 heterocycles. The first kappa shape index (κ1) is 18.2. The van der Waals surface area contributed by atoms with E-state index >= 15 is 0 Å². The minimum atomic E-state index is -3.98. The molecule has 0 saturated heterocycles. The third-order valence-corrected chi connectivity index (χ3v) is 6.59. The maximum absolute atomic E-state index is 12.9. The number of aliphatic hydroxyl groups excluding tert-OH is 1. The van der Waals surface area contributed by atoms with E-state index in [2.05, 4.69) is 10.2 Å². The van der Waals surface area contributed by atoms with Crippen molar-refractivity contribution in [3.8, 4) is 0 Å². The Morgan fingerprint density at radius 3 is 2.57 bits per heavy atom. The predicted molar refractivity (Wildman–Crippen MR) is 105 cm³/mol. The molecule has 8 nitrogen and oxygen atoms in total. The fraction of sp³-hybridized carbons (Fsp3) is 0.211. The van der Waals surface area contributed by atoms with E-state index < -0.39 is 26.2 Å². The summed E-state index contributed by atoms with van der Waals surface area (Å²) < 4.78 is 28.4. The molecular weight excluding hydrogens is 380 g/mol. The van der Waals surface area contributed by atoms with Gasteiger partial charge in [0, 0.05) is 12.6 Å². The summed E-state index contributed by atoms with van der Waals surface area (Å²) in [6.07, 6.45) is 7.54. The molecule has 2 aromatic rings. The van der Waals surface area contributed by atoms with Crippen LogP contribution in [0, 0.1) is 6.92 Å². The first-order valence-corrected chi connectivity index (χ1v) is 10.2. The summed E-state index contributed by atoms with van der Waals surface area (Å²) in [4.78, 5) is 12.8. The summed E-state index contributed by atoms with van der Waals surface area (Å²) in [6.45, 7) is 1.70. The van der Waals surface area contributed by atoms with E-state index in [-0.39, 0.29) is 16.1 Å². The van der Waals surface area contributed by atoms with Crippen LogP contribution < -0.4 is 5.56 Å². The van der Waals surface area contributed by atoms with Crippen LogP contribution in [0.25, 0.3) is 11.5 Å². The van der Waals surface area contributed by atoms with Gasteiger partial charge in [0.2, 0.25) is 14.9 Å². The molecule has 0 spiro atoms. The second-order valence-corrected chi connectivity index (χ2v) is 8.37. The van der Waals surface area contributed by atoms with Gasteiger partial charge in [-0.05, 0) is 38.0 Å². The lowest BCUT2D eigenvalue weighted by Crippen LogP contribution is -2.20. The van der Waals surface area contributed by atoms with Gasteiger partial charge in [-0.2, -0.15) is 0 Å². The Bertz CT molecular complexity index is 1270. The molecule has 1 aromatic carbocycles. The molecule has 0 radical (unpaired) electrons. The van der Waals surface area contributed by atoms with Gasteiger partial charge in [0.25, 0.3) is 5.56 Å². The van der Waals surface area contributed by atoms with Crippen molar-refractivity contribution in [1.82, 2.24) is 9.36 Å². The Morgan fingerprint density at radius 2 is 1.89 bits per heavy atom. The zero-order valence-corrected chi connectivity index (χ0v) is 16.1. The van der Waals surface area contributed by atoms with E-state index in [0.717, 1.165) is 18.5 Å². The highest BCUT2D eigenvalue weighted by molar-refractivity contribution is 7.95. The van der Waals surface area contributed by atoms with Crippen LogP contribution in [0.3, 0.4) is 0 Å². The molecule has 4 rings (SSSR count). The van der Waals surface area contributed by atoms with E-state index in [1.54, 1.807) is 30.8 Å². The van der Waals surface area contributed by atoms with E-state index in [9.17, 15) is 18.3 Å². The van der Waals surface area contributed by atoms with Crippen molar-refractivity contribution in [3.63, 3.8) is 0 Å². The Balaban J connectivity index is 1.80. The molecule has 1 aromatic heterocycles. The lowest BCUT2D eigenvalue weighted by molar-refractivity contribution is 0.508. The van der Waals surface area contributed by atoms with Crippen molar-refractivity contribution in [2.45, 2.75) is 24.7 Å². The largest absolute Gasteiger partial charge is 0.504 e. The predicted octanol–water partition coefficient (Wildman–Crippen LogP) is 3.44. The molecule has 28 heavy (non-hydrogen) atoms. The third-order valence-electron chi connectivity index (χ3n) is 4.87. The van der Waals surface area contributed by atoms with Gasteiger partial charge in [0.1, 0.15) is 0 Å². The van der Waals surface area contributed by atoms with Crippen LogP contribution in [-0.2, 0) is 16.9 Å². The molecule has 0 amide bonds. The van der Waals surface area contributed by atoms with E-state index in [0.29, 0.717) is 5.69 Å². The summed E-state index contributed by atoms with van der Waals surface area (Å²) in [5, 5.41) is 17.4. The zero-order chi connectivity index (χ0) is 20.1. The molecule has 0 unspecified atom stereocenters. The van der Waals surface area contributed by atoms with Crippen molar-refractivity contribution in [3.05, 3.63) is 69.1 Å². The molecule has 9 heteroatoms. The van der Waals surface area contributed by atoms with Gasteiger partial charge >= 0.3 is 0 Å². The third kappa shape index (κ3) is 2.58. The van der Waals surface area contributed by atoms with Crippen LogP contribution in [0.2, 0.25) is 0 Å². The molecule has 2 aliphatic rings. The van der Waals surface area contributed by atoms with Gasteiger partial charge in [-0.25, -0.2) is 13.1 Å². The smallest absolute Gasteiger partial charge is 0.299 e. The molecule has 144 valence electrons. The molecule has 0 bridgehead atoms. The summed E-state index contributed by atoms with van der Waals surface area (Å²) in [5.74, 6) is -0.466. The summed E-state index contributed by atoms with van der Waals surface area (Å²) in [6, 6.07) is 6.07. The fourth-order valence-corrected chi connectivity index (χ4v) is 4.73. The number of allylic oxidation sites excluding steroid dienone is 4. The second kappa shape index (κ2) is 6.45. The number of hydrogen-bond donors (Lipinski definition) is 1. The van der Waals surface area contributed by atoms with E-state index in [4.69, 9.17) is 0 Å². The van der Waals surface area contributed by atoms with Gasteiger partial charge < -0.3 is 5.11 Å². The van der Waals surface area contributed by atoms with Crippen molar-refractivity contribution in [2.24, 2.45) is 17.3 Å². The normalized spacial score (nSPS) is 18.0. The Labute approximate surface area is 161 Å². The van der Waals surface area contributed by atoms with Crippen molar-refractivity contribution < 1.29 is 13.5 Å². The van der Waals surface area contributed by atoms with Crippen LogP contribution in [0.1, 0.15) is 24.1 Å². The van der Waals surface area contributed by atoms with Gasteiger partial charge in [-0.15, -0.1) is 10.2 Å². The number of hydrogen-bond acceptors (Lipinski definition) is 6. The van der Waals surface area contributed by atoms with E-state index in [1.807, 2.05) is 18.2 Å². The Hall–Kier alpha value is -3.20. The maximum atomic E-state index is 12.9. The molecule has 1 aliphatic heterocycles. The van der Waals surface area contributed by atoms with Crippen molar-refractivity contribution in [2.75, 3.05) is 0 Å². The Morgan fingerprint density at radius 1 is 1.14 bits per heavy atom. The number of azo groups is 1. The van der Waals surface area contributed by atoms with Gasteiger partial charge in [0.05, 0.1) is 16.3 Å². The van der Waals surface area contributed by atoms with E-state index in [1.165, 1.54) is 16.8 Å². The maximum Gasteiger partial charge on any atom is 0.299 e. The minimum absolute atomic E-state index is 0.0221. The first-order chi connectivity index (χ1) is 13.3. The highest BCUT2D eigenvalue weighted by atomic mass is 32.2. The average molecular weight is 398 g/mol. The molecule has 0 fully saturated rings. The number of fused-ring (bicyclic) bond motifs is 1. The highest BCUT2D eigenvalue weighted by Crippen LogP contribution is 2.38. The number of rotatable bonds is 3. The quantitative estimate of drug-likeness (QED) is 0.799. The molecule has 0 saturated carbocycles. The summed E-state index contributed by atoms with van der Waals surface area (Å²) >= 11 is 0. The van der Waals surface area contributed by atoms with Gasteiger partial charge in [-0.3, -0.25) is 9.48 Å². The SMILES string of the molecule is Cc1c(/N=N/C2=C(O)c3ccccc3S2(=O)=O)c(=O)n(C2=CCCC=C2)n1C. The van der Waals surface area contributed by atoms with Gasteiger partial charge in [-0.1, -0.05) is 24.3 Å². The second-order valence-electron chi connectivity index (χ2n) is 6.54. The van der Waals surface area contributed by atoms with Gasteiger partial charge in [0.15, 0.2) is 11.4 Å².